The lowest BCUT2D eigenvalue weighted by atomic mass is 9.78. The first-order valence-electron chi connectivity index (χ1n) is 9.33. The molecule has 4 aliphatic rings. The van der Waals surface area contributed by atoms with Gasteiger partial charge in [0.05, 0.1) is 0 Å². The molecule has 1 unspecified atom stereocenters. The Bertz CT molecular complexity index is 938. The molecule has 5 rings (SSSR count). The van der Waals surface area contributed by atoms with Crippen molar-refractivity contribution in [1.82, 2.24) is 0 Å². The summed E-state index contributed by atoms with van der Waals surface area (Å²) in [4.78, 5) is 0. The highest BCUT2D eigenvalue weighted by Crippen LogP contribution is 2.41. The number of fused-ring (bicyclic) bond motifs is 2. The maximum Gasteiger partial charge on any atom is 0.0281 e. The summed E-state index contributed by atoms with van der Waals surface area (Å²) in [5.74, 6) is 0.434. The van der Waals surface area contributed by atoms with Crippen LogP contribution in [0.3, 0.4) is 0 Å². The molecule has 0 amide bonds. The molecule has 1 aromatic rings. The topological polar surface area (TPSA) is 0 Å². The SMILES string of the molecule is C1=CC2C(C3=CCCC=C3)=CC=C(Cc3ccc4c(c3)C=CC4)C2=C1. The number of benzene rings is 1. The van der Waals surface area contributed by atoms with Gasteiger partial charge in [0.25, 0.3) is 0 Å². The number of rotatable bonds is 3. The summed E-state index contributed by atoms with van der Waals surface area (Å²) in [5, 5.41) is 0. The first-order chi connectivity index (χ1) is 12.4. The zero-order valence-electron chi connectivity index (χ0n) is 14.4. The monoisotopic (exact) mass is 322 g/mol. The van der Waals surface area contributed by atoms with Crippen molar-refractivity contribution in [3.8, 4) is 0 Å². The van der Waals surface area contributed by atoms with E-state index in [0.29, 0.717) is 5.92 Å². The summed E-state index contributed by atoms with van der Waals surface area (Å²) >= 11 is 0. The van der Waals surface area contributed by atoms with Gasteiger partial charge < -0.3 is 0 Å². The molecule has 0 spiro atoms. The summed E-state index contributed by atoms with van der Waals surface area (Å²) < 4.78 is 0. The predicted octanol–water partition coefficient (Wildman–Crippen LogP) is 6.05. The Morgan fingerprint density at radius 1 is 0.920 bits per heavy atom. The van der Waals surface area contributed by atoms with Gasteiger partial charge in [-0.25, -0.2) is 0 Å². The van der Waals surface area contributed by atoms with E-state index < -0.39 is 0 Å². The second kappa shape index (κ2) is 6.04. The van der Waals surface area contributed by atoms with Gasteiger partial charge in [0.2, 0.25) is 0 Å². The molecule has 0 heteroatoms. The minimum absolute atomic E-state index is 0.434. The van der Waals surface area contributed by atoms with Gasteiger partial charge in [-0.05, 0) is 64.7 Å². The van der Waals surface area contributed by atoms with Gasteiger partial charge in [0, 0.05) is 5.92 Å². The van der Waals surface area contributed by atoms with E-state index in [9.17, 15) is 0 Å². The van der Waals surface area contributed by atoms with Gasteiger partial charge >= 0.3 is 0 Å². The zero-order valence-corrected chi connectivity index (χ0v) is 14.4. The van der Waals surface area contributed by atoms with Crippen LogP contribution in [-0.2, 0) is 12.8 Å². The van der Waals surface area contributed by atoms with E-state index in [1.165, 1.54) is 45.4 Å². The highest BCUT2D eigenvalue weighted by molar-refractivity contribution is 5.63. The average molecular weight is 322 g/mol. The van der Waals surface area contributed by atoms with E-state index in [1.54, 1.807) is 0 Å². The fourth-order valence-electron chi connectivity index (χ4n) is 4.34. The Hall–Kier alpha value is -2.60. The summed E-state index contributed by atoms with van der Waals surface area (Å²) in [5.41, 5.74) is 10.1. The Labute approximate surface area is 150 Å². The highest BCUT2D eigenvalue weighted by atomic mass is 14.3. The molecule has 122 valence electrons. The second-order valence-electron chi connectivity index (χ2n) is 7.25. The Kier molecular flexibility index (Phi) is 3.56. The second-order valence-corrected chi connectivity index (χ2v) is 7.25. The fourth-order valence-corrected chi connectivity index (χ4v) is 4.34. The predicted molar refractivity (Wildman–Crippen MR) is 106 cm³/mol. The van der Waals surface area contributed by atoms with E-state index in [2.05, 4.69) is 79.0 Å². The van der Waals surface area contributed by atoms with Crippen LogP contribution >= 0.6 is 0 Å². The summed E-state index contributed by atoms with van der Waals surface area (Å²) in [6, 6.07) is 6.96. The van der Waals surface area contributed by atoms with E-state index in [1.807, 2.05) is 0 Å². The number of hydrogen-bond donors (Lipinski definition) is 0. The summed E-state index contributed by atoms with van der Waals surface area (Å²) in [6.45, 7) is 0. The van der Waals surface area contributed by atoms with E-state index in [4.69, 9.17) is 0 Å². The molecule has 0 fully saturated rings. The van der Waals surface area contributed by atoms with Crippen molar-refractivity contribution in [1.29, 1.82) is 0 Å². The molecule has 0 saturated carbocycles. The van der Waals surface area contributed by atoms with Crippen molar-refractivity contribution >= 4 is 6.08 Å². The van der Waals surface area contributed by atoms with Crippen molar-refractivity contribution in [3.63, 3.8) is 0 Å². The van der Waals surface area contributed by atoms with Gasteiger partial charge in [-0.3, -0.25) is 0 Å². The van der Waals surface area contributed by atoms with Crippen LogP contribution in [0.4, 0.5) is 0 Å². The molecule has 1 aromatic carbocycles. The molecule has 0 nitrogen and oxygen atoms in total. The lowest BCUT2D eigenvalue weighted by Gasteiger charge is -2.26. The fraction of sp³-hybridized carbons (Fsp3) is 0.200. The molecule has 25 heavy (non-hydrogen) atoms. The maximum absolute atomic E-state index is 2.39. The van der Waals surface area contributed by atoms with Crippen LogP contribution < -0.4 is 0 Å². The van der Waals surface area contributed by atoms with Crippen LogP contribution in [0, 0.1) is 5.92 Å². The van der Waals surface area contributed by atoms with Crippen LogP contribution in [0.5, 0.6) is 0 Å². The van der Waals surface area contributed by atoms with Crippen LogP contribution in [0.1, 0.15) is 29.5 Å². The molecule has 0 aromatic heterocycles. The van der Waals surface area contributed by atoms with Gasteiger partial charge in [-0.1, -0.05) is 79.0 Å². The molecule has 1 atom stereocenters. The third-order valence-corrected chi connectivity index (χ3v) is 5.65. The van der Waals surface area contributed by atoms with Crippen LogP contribution in [0.2, 0.25) is 0 Å². The number of allylic oxidation sites excluding steroid dienone is 13. The zero-order chi connectivity index (χ0) is 16.6. The minimum atomic E-state index is 0.434. The molecule has 0 heterocycles. The number of hydrogen-bond acceptors (Lipinski definition) is 0. The molecule has 4 aliphatic carbocycles. The van der Waals surface area contributed by atoms with Crippen LogP contribution in [0.15, 0.2) is 95.2 Å². The molecule has 0 N–H and O–H groups in total. The van der Waals surface area contributed by atoms with Gasteiger partial charge in [-0.15, -0.1) is 0 Å². The summed E-state index contributed by atoms with van der Waals surface area (Å²) in [7, 11) is 0. The van der Waals surface area contributed by atoms with Crippen molar-refractivity contribution in [2.45, 2.75) is 25.7 Å². The molecule has 0 saturated heterocycles. The summed E-state index contributed by atoms with van der Waals surface area (Å²) in [6.07, 6.45) is 27.5. The van der Waals surface area contributed by atoms with E-state index >= 15 is 0 Å². The molecule has 0 radical (unpaired) electrons. The van der Waals surface area contributed by atoms with Gasteiger partial charge in [0.1, 0.15) is 0 Å². The van der Waals surface area contributed by atoms with Crippen molar-refractivity contribution in [2.24, 2.45) is 5.92 Å². The first-order valence-corrected chi connectivity index (χ1v) is 9.33. The first kappa shape index (κ1) is 14.7. The Balaban J connectivity index is 1.47. The minimum Gasteiger partial charge on any atom is -0.0836 e. The standard InChI is InChI=1S/C25H22/c1-2-6-20(7-3-1)24-15-14-22(23-10-5-11-25(23)24)17-18-12-13-19-8-4-9-21(19)16-18/h2,4-7,9-16,25H,1,3,8,17H2. The van der Waals surface area contributed by atoms with Crippen molar-refractivity contribution in [2.75, 3.05) is 0 Å². The third-order valence-electron chi connectivity index (χ3n) is 5.65. The lowest BCUT2D eigenvalue weighted by molar-refractivity contribution is 0.889. The Morgan fingerprint density at radius 2 is 1.92 bits per heavy atom. The molecule has 0 aliphatic heterocycles. The third kappa shape index (κ3) is 2.62. The molecular formula is C25H22. The quantitative estimate of drug-likeness (QED) is 0.635. The van der Waals surface area contributed by atoms with Crippen LogP contribution in [0.25, 0.3) is 6.08 Å². The van der Waals surface area contributed by atoms with E-state index in [-0.39, 0.29) is 0 Å². The molecule has 0 bridgehead atoms. The molecular weight excluding hydrogens is 300 g/mol. The average Bonchev–Trinajstić information content (AvgIpc) is 3.32. The maximum atomic E-state index is 2.39. The van der Waals surface area contributed by atoms with Crippen molar-refractivity contribution in [3.05, 3.63) is 112 Å². The van der Waals surface area contributed by atoms with Crippen LogP contribution in [-0.4, -0.2) is 0 Å². The Morgan fingerprint density at radius 3 is 2.84 bits per heavy atom. The highest BCUT2D eigenvalue weighted by Gasteiger charge is 2.26. The largest absolute Gasteiger partial charge is 0.0836 e. The van der Waals surface area contributed by atoms with Gasteiger partial charge in [-0.2, -0.15) is 0 Å². The van der Waals surface area contributed by atoms with Gasteiger partial charge in [0.15, 0.2) is 0 Å². The van der Waals surface area contributed by atoms with E-state index in [0.717, 1.165) is 19.3 Å². The normalized spacial score (nSPS) is 23.0. The van der Waals surface area contributed by atoms with Crippen molar-refractivity contribution < 1.29 is 0 Å². The lowest BCUT2D eigenvalue weighted by Crippen LogP contribution is -2.12. The smallest absolute Gasteiger partial charge is 0.0281 e.